The van der Waals surface area contributed by atoms with Gasteiger partial charge in [-0.15, -0.1) is 11.3 Å². The number of carbonyl (C=O) groups is 1. The van der Waals surface area contributed by atoms with Crippen molar-refractivity contribution in [2.75, 3.05) is 12.4 Å². The van der Waals surface area contributed by atoms with Crippen molar-refractivity contribution in [2.24, 2.45) is 11.3 Å². The van der Waals surface area contributed by atoms with Gasteiger partial charge in [-0.25, -0.2) is 0 Å². The zero-order valence-electron chi connectivity index (χ0n) is 16.4. The van der Waals surface area contributed by atoms with Crippen molar-refractivity contribution in [1.29, 1.82) is 0 Å². The van der Waals surface area contributed by atoms with Crippen LogP contribution in [0.5, 0.6) is 11.5 Å². The average molecular weight is 386 g/mol. The molecule has 2 unspecified atom stereocenters. The van der Waals surface area contributed by atoms with Crippen molar-refractivity contribution in [3.63, 3.8) is 0 Å². The minimum Gasteiger partial charge on any atom is -0.504 e. The first kappa shape index (κ1) is 18.4. The minimum absolute atomic E-state index is 0.0226. The molecule has 0 saturated carbocycles. The number of methoxy groups -OCH3 is 1. The highest BCUT2D eigenvalue weighted by Crippen LogP contribution is 2.50. The van der Waals surface area contributed by atoms with Crippen LogP contribution in [0.3, 0.4) is 0 Å². The fourth-order valence-corrected chi connectivity index (χ4v) is 5.88. The molecule has 0 bridgehead atoms. The number of rotatable bonds is 2. The second kappa shape index (κ2) is 6.55. The lowest BCUT2D eigenvalue weighted by atomic mass is 9.71. The summed E-state index contributed by atoms with van der Waals surface area (Å²) in [5.74, 6) is 1.34. The molecular formula is C22H27NO3S. The first-order chi connectivity index (χ1) is 12.8. The first-order valence-electron chi connectivity index (χ1n) is 9.59. The maximum absolute atomic E-state index is 12.4. The Morgan fingerprint density at radius 2 is 2.04 bits per heavy atom. The number of carbonyl (C=O) groups excluding carboxylic acids is 1. The number of amides is 1. The van der Waals surface area contributed by atoms with E-state index >= 15 is 0 Å². The van der Waals surface area contributed by atoms with Gasteiger partial charge < -0.3 is 15.2 Å². The summed E-state index contributed by atoms with van der Waals surface area (Å²) in [6.45, 7) is 6.97. The number of benzene rings is 1. The quantitative estimate of drug-likeness (QED) is 0.757. The zero-order chi connectivity index (χ0) is 19.3. The minimum atomic E-state index is 0.0226. The van der Waals surface area contributed by atoms with Gasteiger partial charge in [0, 0.05) is 17.2 Å². The molecule has 1 aromatic carbocycles. The van der Waals surface area contributed by atoms with Gasteiger partial charge in [0.15, 0.2) is 11.5 Å². The number of hydrogen-bond donors (Lipinski definition) is 2. The molecule has 2 aliphatic rings. The van der Waals surface area contributed by atoms with Crippen molar-refractivity contribution in [3.05, 3.63) is 39.8 Å². The molecule has 1 amide bonds. The second-order valence-corrected chi connectivity index (χ2v) is 9.89. The topological polar surface area (TPSA) is 58.6 Å². The molecule has 0 radical (unpaired) electrons. The molecule has 1 aromatic heterocycles. The van der Waals surface area contributed by atoms with Crippen molar-refractivity contribution < 1.29 is 14.6 Å². The van der Waals surface area contributed by atoms with Gasteiger partial charge in [0.1, 0.15) is 0 Å². The SMILES string of the molecule is COc1cc(C2CC(=O)Nc3sc4c(c32)CCC(C(C)(C)C)C4)ccc1O. The number of ether oxygens (including phenoxy) is 1. The van der Waals surface area contributed by atoms with E-state index in [2.05, 4.69) is 26.1 Å². The Morgan fingerprint density at radius 1 is 1.26 bits per heavy atom. The zero-order valence-corrected chi connectivity index (χ0v) is 17.2. The fraction of sp³-hybridized carbons (Fsp3) is 0.500. The number of aromatic hydroxyl groups is 1. The van der Waals surface area contributed by atoms with Gasteiger partial charge >= 0.3 is 0 Å². The number of fused-ring (bicyclic) bond motifs is 3. The summed E-state index contributed by atoms with van der Waals surface area (Å²) in [5.41, 5.74) is 4.05. The Labute approximate surface area is 164 Å². The van der Waals surface area contributed by atoms with Crippen molar-refractivity contribution >= 4 is 22.2 Å². The third-order valence-electron chi connectivity index (χ3n) is 6.13. The molecule has 1 aliphatic carbocycles. The molecule has 2 aromatic rings. The van der Waals surface area contributed by atoms with Crippen molar-refractivity contribution in [3.8, 4) is 11.5 Å². The summed E-state index contributed by atoms with van der Waals surface area (Å²) in [4.78, 5) is 13.8. The van der Waals surface area contributed by atoms with Crippen LogP contribution in [-0.4, -0.2) is 18.1 Å². The highest BCUT2D eigenvalue weighted by atomic mass is 32.1. The Kier molecular flexibility index (Phi) is 4.46. The molecule has 4 nitrogen and oxygen atoms in total. The normalized spacial score (nSPS) is 22.0. The van der Waals surface area contributed by atoms with E-state index in [1.165, 1.54) is 22.4 Å². The largest absolute Gasteiger partial charge is 0.504 e. The Hall–Kier alpha value is -2.01. The van der Waals surface area contributed by atoms with Crippen LogP contribution in [0.1, 0.15) is 61.1 Å². The third kappa shape index (κ3) is 3.22. The van der Waals surface area contributed by atoms with Crippen LogP contribution in [0.25, 0.3) is 0 Å². The van der Waals surface area contributed by atoms with Crippen LogP contribution in [0.15, 0.2) is 18.2 Å². The molecule has 4 rings (SSSR count). The number of phenols is 1. The average Bonchev–Trinajstić information content (AvgIpc) is 2.97. The predicted octanol–water partition coefficient (Wildman–Crippen LogP) is 5.09. The van der Waals surface area contributed by atoms with E-state index < -0.39 is 0 Å². The number of phenolic OH excluding ortho intramolecular Hbond substituents is 1. The van der Waals surface area contributed by atoms with Crippen LogP contribution in [0.4, 0.5) is 5.00 Å². The standard InChI is InChI=1S/C22H27NO3S/c1-22(2,3)13-6-7-14-18(10-13)27-21-20(14)15(11-19(25)23-21)12-5-8-16(24)17(9-12)26-4/h5,8-9,13,15,24H,6-7,10-11H2,1-4H3,(H,23,25). The number of nitrogens with one attached hydrogen (secondary N) is 1. The highest BCUT2D eigenvalue weighted by molar-refractivity contribution is 7.16. The van der Waals surface area contributed by atoms with E-state index in [4.69, 9.17) is 4.74 Å². The maximum atomic E-state index is 12.4. The molecule has 0 fully saturated rings. The Morgan fingerprint density at radius 3 is 2.74 bits per heavy atom. The molecule has 2 heterocycles. The van der Waals surface area contributed by atoms with Gasteiger partial charge in [-0.05, 0) is 59.4 Å². The summed E-state index contributed by atoms with van der Waals surface area (Å²) >= 11 is 1.76. The van der Waals surface area contributed by atoms with Gasteiger partial charge in [-0.2, -0.15) is 0 Å². The van der Waals surface area contributed by atoms with Crippen LogP contribution in [0.2, 0.25) is 0 Å². The monoisotopic (exact) mass is 385 g/mol. The lowest BCUT2D eigenvalue weighted by Gasteiger charge is -2.34. The number of thiophene rings is 1. The molecule has 5 heteroatoms. The van der Waals surface area contributed by atoms with E-state index in [9.17, 15) is 9.90 Å². The second-order valence-electron chi connectivity index (χ2n) is 8.79. The summed E-state index contributed by atoms with van der Waals surface area (Å²) in [6, 6.07) is 5.44. The van der Waals surface area contributed by atoms with E-state index in [-0.39, 0.29) is 17.6 Å². The van der Waals surface area contributed by atoms with Crippen LogP contribution in [0, 0.1) is 11.3 Å². The summed E-state index contributed by atoms with van der Waals surface area (Å²) in [7, 11) is 1.55. The Balaban J connectivity index is 1.77. The van der Waals surface area contributed by atoms with E-state index in [1.54, 1.807) is 24.5 Å². The fourth-order valence-electron chi connectivity index (χ4n) is 4.47. The molecule has 144 valence electrons. The molecule has 0 spiro atoms. The van der Waals surface area contributed by atoms with Crippen molar-refractivity contribution in [2.45, 2.75) is 52.4 Å². The van der Waals surface area contributed by atoms with Gasteiger partial charge in [-0.3, -0.25) is 4.79 Å². The summed E-state index contributed by atoms with van der Waals surface area (Å²) in [5, 5.41) is 14.1. The van der Waals surface area contributed by atoms with Gasteiger partial charge in [0.05, 0.1) is 12.1 Å². The molecule has 2 atom stereocenters. The van der Waals surface area contributed by atoms with Gasteiger partial charge in [-0.1, -0.05) is 26.8 Å². The molecule has 0 saturated heterocycles. The smallest absolute Gasteiger partial charge is 0.225 e. The van der Waals surface area contributed by atoms with Crippen LogP contribution >= 0.6 is 11.3 Å². The highest BCUT2D eigenvalue weighted by Gasteiger charge is 2.37. The molecular weight excluding hydrogens is 358 g/mol. The number of hydrogen-bond acceptors (Lipinski definition) is 4. The maximum Gasteiger partial charge on any atom is 0.225 e. The third-order valence-corrected chi connectivity index (χ3v) is 7.31. The van der Waals surface area contributed by atoms with Gasteiger partial charge in [0.2, 0.25) is 5.91 Å². The lowest BCUT2D eigenvalue weighted by Crippen LogP contribution is -2.27. The number of anilines is 1. The molecule has 2 N–H and O–H groups in total. The molecule has 27 heavy (non-hydrogen) atoms. The van der Waals surface area contributed by atoms with Crippen LogP contribution in [-0.2, 0) is 17.6 Å². The first-order valence-corrected chi connectivity index (χ1v) is 10.4. The summed E-state index contributed by atoms with van der Waals surface area (Å²) in [6.07, 6.45) is 3.80. The summed E-state index contributed by atoms with van der Waals surface area (Å²) < 4.78 is 5.29. The molecule has 1 aliphatic heterocycles. The Bertz CT molecular complexity index is 894. The van der Waals surface area contributed by atoms with E-state index in [0.29, 0.717) is 23.5 Å². The van der Waals surface area contributed by atoms with E-state index in [1.807, 2.05) is 12.1 Å². The lowest BCUT2D eigenvalue weighted by molar-refractivity contribution is -0.116. The van der Waals surface area contributed by atoms with Crippen LogP contribution < -0.4 is 10.1 Å². The van der Waals surface area contributed by atoms with E-state index in [0.717, 1.165) is 23.4 Å². The van der Waals surface area contributed by atoms with Gasteiger partial charge in [0.25, 0.3) is 0 Å². The predicted molar refractivity (Wildman–Crippen MR) is 109 cm³/mol. The van der Waals surface area contributed by atoms with Crippen molar-refractivity contribution in [1.82, 2.24) is 0 Å².